The molecule has 0 saturated heterocycles. The molecule has 0 bridgehead atoms. The van der Waals surface area contributed by atoms with Gasteiger partial charge in [0.1, 0.15) is 6.04 Å². The van der Waals surface area contributed by atoms with Gasteiger partial charge in [0.25, 0.3) is 11.8 Å². The van der Waals surface area contributed by atoms with Crippen molar-refractivity contribution in [3.63, 3.8) is 0 Å². The fraction of sp³-hybridized carbons (Fsp3) is 0.250. The highest BCUT2D eigenvalue weighted by Gasteiger charge is 2.33. The molecule has 2 amide bonds. The van der Waals surface area contributed by atoms with Crippen molar-refractivity contribution < 1.29 is 14.8 Å². The molecule has 0 spiro atoms. The Kier molecular flexibility index (Phi) is 6.71. The topological polar surface area (TPSA) is 122 Å². The Morgan fingerprint density at radius 1 is 1.32 bits per heavy atom. The fourth-order valence-corrected chi connectivity index (χ4v) is 2.36. The molecule has 1 atom stereocenters. The number of benzene rings is 1. The van der Waals surface area contributed by atoms with Crippen molar-refractivity contribution in [1.29, 1.82) is 0 Å². The number of rotatable bonds is 5. The summed E-state index contributed by atoms with van der Waals surface area (Å²) in [6.45, 7) is 3.15. The van der Waals surface area contributed by atoms with Crippen LogP contribution in [0.25, 0.3) is 6.08 Å². The van der Waals surface area contributed by atoms with Gasteiger partial charge in [-0.05, 0) is 50.3 Å². The van der Waals surface area contributed by atoms with Gasteiger partial charge in [-0.1, -0.05) is 11.8 Å². The summed E-state index contributed by atoms with van der Waals surface area (Å²) in [6, 6.07) is 5.51. The molecule has 0 aliphatic heterocycles. The van der Waals surface area contributed by atoms with E-state index in [9.17, 15) is 9.59 Å². The molecule has 0 aliphatic carbocycles. The first-order valence-corrected chi connectivity index (χ1v) is 8.51. The van der Waals surface area contributed by atoms with Crippen LogP contribution in [0.15, 0.2) is 42.7 Å². The predicted octanol–water partition coefficient (Wildman–Crippen LogP) is 0.826. The van der Waals surface area contributed by atoms with Crippen LogP contribution in [0.3, 0.4) is 0 Å². The third-order valence-corrected chi connectivity index (χ3v) is 3.84. The molecule has 0 unspecified atom stereocenters. The van der Waals surface area contributed by atoms with Crippen molar-refractivity contribution in [3.8, 4) is 11.8 Å². The molecule has 0 radical (unpaired) electrons. The van der Waals surface area contributed by atoms with Crippen molar-refractivity contribution in [2.45, 2.75) is 25.4 Å². The maximum Gasteiger partial charge on any atom is 0.267 e. The largest absolute Gasteiger partial charge is 0.338 e. The lowest BCUT2D eigenvalue weighted by Crippen LogP contribution is -2.61. The minimum Gasteiger partial charge on any atom is -0.338 e. The number of carbonyl (C=O) groups excluding carboxylic acids is 2. The smallest absolute Gasteiger partial charge is 0.267 e. The second kappa shape index (κ2) is 8.99. The van der Waals surface area contributed by atoms with Gasteiger partial charge in [0, 0.05) is 35.5 Å². The van der Waals surface area contributed by atoms with Crippen LogP contribution in [0.2, 0.25) is 0 Å². The van der Waals surface area contributed by atoms with Gasteiger partial charge >= 0.3 is 0 Å². The maximum atomic E-state index is 12.4. The Bertz CT molecular complexity index is 927. The third kappa shape index (κ3) is 5.81. The monoisotopic (exact) mass is 381 g/mol. The van der Waals surface area contributed by atoms with Crippen molar-refractivity contribution in [2.75, 3.05) is 0 Å². The van der Waals surface area contributed by atoms with Crippen LogP contribution in [0.1, 0.15) is 35.3 Å². The molecule has 8 nitrogen and oxygen atoms in total. The number of hydroxylamine groups is 1. The molecule has 0 saturated carbocycles. The predicted molar refractivity (Wildman–Crippen MR) is 105 cm³/mol. The number of nitrogens with two attached hydrogens (primary N) is 1. The number of carbonyl (C=O) groups is 2. The van der Waals surface area contributed by atoms with Crippen molar-refractivity contribution in [2.24, 2.45) is 12.8 Å². The number of hydrogen-bond acceptors (Lipinski definition) is 5. The van der Waals surface area contributed by atoms with E-state index >= 15 is 0 Å². The van der Waals surface area contributed by atoms with E-state index in [1.165, 1.54) is 5.48 Å². The highest BCUT2D eigenvalue weighted by molar-refractivity contribution is 5.97. The SMILES string of the molecule is Cn1cc(/C=C/C#Cc2ccc(C(=O)N[C@H](C(=O)NO)C(C)(C)N)cc2)cn1. The second-order valence-electron chi connectivity index (χ2n) is 6.83. The van der Waals surface area contributed by atoms with E-state index in [4.69, 9.17) is 10.9 Å². The van der Waals surface area contributed by atoms with Gasteiger partial charge in [0.05, 0.1) is 6.20 Å². The Morgan fingerprint density at radius 2 is 2.00 bits per heavy atom. The highest BCUT2D eigenvalue weighted by Crippen LogP contribution is 2.09. The Morgan fingerprint density at radius 3 is 2.54 bits per heavy atom. The minimum atomic E-state index is -1.10. The van der Waals surface area contributed by atoms with E-state index in [0.29, 0.717) is 5.56 Å². The average molecular weight is 381 g/mol. The van der Waals surface area contributed by atoms with Crippen LogP contribution in [0.4, 0.5) is 0 Å². The maximum absolute atomic E-state index is 12.4. The first kappa shape index (κ1) is 20.9. The number of amides is 2. The molecule has 28 heavy (non-hydrogen) atoms. The summed E-state index contributed by atoms with van der Waals surface area (Å²) in [5.74, 6) is 4.61. The molecule has 2 aromatic rings. The number of nitrogens with zero attached hydrogens (tertiary/aromatic N) is 2. The summed E-state index contributed by atoms with van der Waals surface area (Å²) in [4.78, 5) is 24.1. The number of nitrogens with one attached hydrogen (secondary N) is 2. The third-order valence-electron chi connectivity index (χ3n) is 3.84. The van der Waals surface area contributed by atoms with Gasteiger partial charge in [0.2, 0.25) is 0 Å². The molecular weight excluding hydrogens is 358 g/mol. The van der Waals surface area contributed by atoms with E-state index in [-0.39, 0.29) is 0 Å². The van der Waals surface area contributed by atoms with Gasteiger partial charge in [-0.25, -0.2) is 5.48 Å². The lowest BCUT2D eigenvalue weighted by Gasteiger charge is -2.29. The van der Waals surface area contributed by atoms with Crippen LogP contribution in [0, 0.1) is 11.8 Å². The summed E-state index contributed by atoms with van der Waals surface area (Å²) in [5.41, 5.74) is 8.38. The Balaban J connectivity index is 2.03. The zero-order valence-corrected chi connectivity index (χ0v) is 15.9. The summed E-state index contributed by atoms with van der Waals surface area (Å²) in [7, 11) is 1.84. The quantitative estimate of drug-likeness (QED) is 0.347. The van der Waals surface area contributed by atoms with Gasteiger partial charge in [-0.2, -0.15) is 5.10 Å². The number of hydrogen-bond donors (Lipinski definition) is 4. The van der Waals surface area contributed by atoms with Crippen molar-refractivity contribution in [1.82, 2.24) is 20.6 Å². The molecule has 8 heteroatoms. The summed E-state index contributed by atoms with van der Waals surface area (Å²) in [5, 5.41) is 15.4. The lowest BCUT2D eigenvalue weighted by atomic mass is 9.95. The standard InChI is InChI=1S/C20H23N5O3/c1-20(2,21)17(19(27)24-28)23-18(26)16-10-8-14(9-11-16)6-4-5-7-15-12-22-25(3)13-15/h5,7-13,17,28H,21H2,1-3H3,(H,23,26)(H,24,27)/b7-5+/t17-/m1/s1. The lowest BCUT2D eigenvalue weighted by molar-refractivity contribution is -0.132. The van der Waals surface area contributed by atoms with E-state index in [0.717, 1.165) is 11.1 Å². The number of aromatic nitrogens is 2. The number of aryl methyl sites for hydroxylation is 1. The summed E-state index contributed by atoms with van der Waals surface area (Å²) >= 11 is 0. The normalized spacial score (nSPS) is 12.2. The molecule has 1 aromatic heterocycles. The van der Waals surface area contributed by atoms with Gasteiger partial charge in [-0.15, -0.1) is 0 Å². The van der Waals surface area contributed by atoms with Crippen LogP contribution >= 0.6 is 0 Å². The summed E-state index contributed by atoms with van der Waals surface area (Å²) < 4.78 is 1.71. The van der Waals surface area contributed by atoms with Crippen LogP contribution in [-0.2, 0) is 11.8 Å². The molecule has 5 N–H and O–H groups in total. The van der Waals surface area contributed by atoms with Crippen molar-refractivity contribution >= 4 is 17.9 Å². The minimum absolute atomic E-state index is 0.344. The first-order chi connectivity index (χ1) is 13.2. The van der Waals surface area contributed by atoms with Crippen LogP contribution < -0.4 is 16.5 Å². The second-order valence-corrected chi connectivity index (χ2v) is 6.83. The molecular formula is C20H23N5O3. The van der Waals surface area contributed by atoms with Crippen LogP contribution in [0.5, 0.6) is 0 Å². The molecule has 2 rings (SSSR count). The molecule has 146 valence electrons. The first-order valence-electron chi connectivity index (χ1n) is 8.51. The van der Waals surface area contributed by atoms with Gasteiger partial charge < -0.3 is 11.1 Å². The zero-order chi connectivity index (χ0) is 20.7. The summed E-state index contributed by atoms with van der Waals surface area (Å²) in [6.07, 6.45) is 7.18. The van der Waals surface area contributed by atoms with Gasteiger partial charge in [0.15, 0.2) is 0 Å². The molecule has 0 fully saturated rings. The zero-order valence-electron chi connectivity index (χ0n) is 15.9. The molecule has 0 aliphatic rings. The Labute approximate surface area is 163 Å². The average Bonchev–Trinajstić information content (AvgIpc) is 3.07. The van der Waals surface area contributed by atoms with Gasteiger partial charge in [-0.3, -0.25) is 19.5 Å². The fourth-order valence-electron chi connectivity index (χ4n) is 2.36. The van der Waals surface area contributed by atoms with E-state index in [2.05, 4.69) is 22.3 Å². The van der Waals surface area contributed by atoms with E-state index < -0.39 is 23.4 Å². The molecule has 1 aromatic carbocycles. The Hall–Kier alpha value is -3.41. The van der Waals surface area contributed by atoms with Crippen molar-refractivity contribution in [3.05, 3.63) is 59.4 Å². The highest BCUT2D eigenvalue weighted by atomic mass is 16.5. The van der Waals surface area contributed by atoms with E-state index in [1.54, 1.807) is 55.1 Å². The van der Waals surface area contributed by atoms with Crippen LogP contribution in [-0.4, -0.2) is 38.4 Å². The molecule has 1 heterocycles. The van der Waals surface area contributed by atoms with E-state index in [1.807, 2.05) is 19.3 Å². The number of allylic oxidation sites excluding steroid dienone is 1.